The first-order valence-corrected chi connectivity index (χ1v) is 6.56. The Morgan fingerprint density at radius 2 is 2.17 bits per heavy atom. The van der Waals surface area contributed by atoms with Crippen molar-refractivity contribution in [3.05, 3.63) is 52.0 Å². The number of aromatic nitrogens is 1. The molecule has 4 heteroatoms. The number of hydrogen-bond acceptors (Lipinski definition) is 4. The molecule has 3 nitrogen and oxygen atoms in total. The molecule has 1 unspecified atom stereocenters. The van der Waals surface area contributed by atoms with Crippen molar-refractivity contribution in [2.75, 3.05) is 0 Å². The number of thiophene rings is 1. The summed E-state index contributed by atoms with van der Waals surface area (Å²) in [6.07, 6.45) is 4.00. The maximum atomic E-state index is 12.4. The third-order valence-corrected chi connectivity index (χ3v) is 3.75. The number of Topliss-reactive ketones (excluding diaryl/α,β-unsaturated/α-hetero) is 1. The Hall–Kier alpha value is -1.99. The summed E-state index contributed by atoms with van der Waals surface area (Å²) in [7, 11) is 0. The van der Waals surface area contributed by atoms with E-state index < -0.39 is 5.92 Å². The number of ketones is 1. The van der Waals surface area contributed by atoms with Gasteiger partial charge < -0.3 is 0 Å². The lowest BCUT2D eigenvalue weighted by molar-refractivity contribution is 0.0982. The highest BCUT2D eigenvalue weighted by Gasteiger charge is 2.24. The largest absolute Gasteiger partial charge is 0.291 e. The van der Waals surface area contributed by atoms with Gasteiger partial charge in [0.1, 0.15) is 5.92 Å². The molecule has 0 aliphatic carbocycles. The Morgan fingerprint density at radius 1 is 1.44 bits per heavy atom. The number of hydrogen-bond donors (Lipinski definition) is 0. The lowest BCUT2D eigenvalue weighted by atomic mass is 9.94. The molecule has 0 saturated carbocycles. The lowest BCUT2D eigenvalue weighted by Crippen LogP contribution is -2.11. The second kappa shape index (κ2) is 5.56. The van der Waals surface area contributed by atoms with E-state index in [2.05, 4.69) is 11.1 Å². The van der Waals surface area contributed by atoms with Gasteiger partial charge in [0.05, 0.1) is 10.9 Å². The minimum absolute atomic E-state index is 0.115. The van der Waals surface area contributed by atoms with Crippen LogP contribution in [0.2, 0.25) is 0 Å². The molecule has 2 heterocycles. The first-order valence-electron chi connectivity index (χ1n) is 5.68. The van der Waals surface area contributed by atoms with Crippen molar-refractivity contribution in [1.82, 2.24) is 4.98 Å². The van der Waals surface area contributed by atoms with Crippen LogP contribution in [0, 0.1) is 11.3 Å². The van der Waals surface area contributed by atoms with Gasteiger partial charge in [0.25, 0.3) is 0 Å². The molecular formula is C14H12N2OS. The Labute approximate surface area is 110 Å². The van der Waals surface area contributed by atoms with Crippen LogP contribution in [-0.4, -0.2) is 10.8 Å². The molecule has 0 aromatic carbocycles. The van der Waals surface area contributed by atoms with Gasteiger partial charge in [-0.3, -0.25) is 9.78 Å². The van der Waals surface area contributed by atoms with Gasteiger partial charge in [0.2, 0.25) is 0 Å². The zero-order valence-electron chi connectivity index (χ0n) is 9.96. The molecule has 0 saturated heterocycles. The minimum Gasteiger partial charge on any atom is -0.291 e. The number of nitriles is 1. The third-order valence-electron chi connectivity index (χ3n) is 2.78. The predicted molar refractivity (Wildman–Crippen MR) is 70.6 cm³/mol. The highest BCUT2D eigenvalue weighted by Crippen LogP contribution is 2.26. The Bertz CT molecular complexity index is 583. The van der Waals surface area contributed by atoms with Gasteiger partial charge in [-0.1, -0.05) is 6.92 Å². The molecule has 0 radical (unpaired) electrons. The van der Waals surface area contributed by atoms with Crippen LogP contribution < -0.4 is 0 Å². The van der Waals surface area contributed by atoms with Gasteiger partial charge in [0, 0.05) is 12.4 Å². The first-order chi connectivity index (χ1) is 8.77. The number of aryl methyl sites for hydroxylation is 1. The molecule has 0 spiro atoms. The molecule has 0 aliphatic rings. The summed E-state index contributed by atoms with van der Waals surface area (Å²) in [5.41, 5.74) is 1.72. The van der Waals surface area contributed by atoms with E-state index >= 15 is 0 Å². The Morgan fingerprint density at radius 3 is 2.78 bits per heavy atom. The Balaban J connectivity index is 2.36. The summed E-state index contributed by atoms with van der Waals surface area (Å²) >= 11 is 1.40. The van der Waals surface area contributed by atoms with Crippen molar-refractivity contribution in [3.63, 3.8) is 0 Å². The van der Waals surface area contributed by atoms with Crippen LogP contribution in [0.4, 0.5) is 0 Å². The lowest BCUT2D eigenvalue weighted by Gasteiger charge is -2.08. The average molecular weight is 256 g/mol. The normalized spacial score (nSPS) is 11.8. The maximum Gasteiger partial charge on any atom is 0.194 e. The first kappa shape index (κ1) is 12.5. The summed E-state index contributed by atoms with van der Waals surface area (Å²) in [4.78, 5) is 17.0. The van der Waals surface area contributed by atoms with Crippen molar-refractivity contribution < 1.29 is 4.79 Å². The van der Waals surface area contributed by atoms with Crippen LogP contribution in [0.1, 0.15) is 33.6 Å². The SMILES string of the molecule is CCc1ccsc1C(=O)C(C#N)c1ccncc1. The summed E-state index contributed by atoms with van der Waals surface area (Å²) in [5.74, 6) is -0.854. The monoisotopic (exact) mass is 256 g/mol. The second-order valence-corrected chi connectivity index (χ2v) is 4.75. The number of rotatable bonds is 4. The van der Waals surface area contributed by atoms with Gasteiger partial charge >= 0.3 is 0 Å². The molecule has 1 atom stereocenters. The Kier molecular flexibility index (Phi) is 3.85. The molecule has 0 N–H and O–H groups in total. The van der Waals surface area contributed by atoms with Gasteiger partial charge in [0.15, 0.2) is 5.78 Å². The van der Waals surface area contributed by atoms with Crippen LogP contribution in [0.3, 0.4) is 0 Å². The van der Waals surface area contributed by atoms with E-state index in [1.807, 2.05) is 18.4 Å². The molecule has 0 bridgehead atoms. The van der Waals surface area contributed by atoms with Gasteiger partial charge in [-0.15, -0.1) is 11.3 Å². The van der Waals surface area contributed by atoms with E-state index in [-0.39, 0.29) is 5.78 Å². The number of nitrogens with zero attached hydrogens (tertiary/aromatic N) is 2. The molecule has 0 amide bonds. The molecular weight excluding hydrogens is 244 g/mol. The van der Waals surface area contributed by atoms with E-state index in [1.165, 1.54) is 11.3 Å². The molecule has 0 fully saturated rings. The zero-order valence-corrected chi connectivity index (χ0v) is 10.8. The minimum atomic E-state index is -0.739. The highest BCUT2D eigenvalue weighted by atomic mass is 32.1. The summed E-state index contributed by atoms with van der Waals surface area (Å²) in [6, 6.07) is 7.46. The van der Waals surface area contributed by atoms with Crippen LogP contribution in [0.15, 0.2) is 36.0 Å². The molecule has 2 rings (SSSR count). The molecule has 90 valence electrons. The van der Waals surface area contributed by atoms with Gasteiger partial charge in [-0.05, 0) is 41.1 Å². The van der Waals surface area contributed by atoms with Crippen molar-refractivity contribution >= 4 is 17.1 Å². The number of carbonyl (C=O) groups is 1. The van der Waals surface area contributed by atoms with Crippen LogP contribution in [0.25, 0.3) is 0 Å². The predicted octanol–water partition coefficient (Wildman–Crippen LogP) is 3.20. The number of pyridine rings is 1. The zero-order chi connectivity index (χ0) is 13.0. The molecule has 2 aromatic rings. The summed E-state index contributed by atoms with van der Waals surface area (Å²) in [6.45, 7) is 2.01. The summed E-state index contributed by atoms with van der Waals surface area (Å²) in [5, 5.41) is 11.1. The van der Waals surface area contributed by atoms with Crippen molar-refractivity contribution in [2.24, 2.45) is 0 Å². The fraction of sp³-hybridized carbons (Fsp3) is 0.214. The van der Waals surface area contributed by atoms with E-state index in [0.29, 0.717) is 10.4 Å². The fourth-order valence-electron chi connectivity index (χ4n) is 1.80. The standard InChI is InChI=1S/C14H12N2OS/c1-2-10-5-8-18-14(10)13(17)12(9-15)11-3-6-16-7-4-11/h3-8,12H,2H2,1H3. The van der Waals surface area contributed by atoms with E-state index in [4.69, 9.17) is 0 Å². The van der Waals surface area contributed by atoms with Gasteiger partial charge in [-0.25, -0.2) is 0 Å². The molecule has 0 aliphatic heterocycles. The van der Waals surface area contributed by atoms with Crippen molar-refractivity contribution in [2.45, 2.75) is 19.3 Å². The van der Waals surface area contributed by atoms with Gasteiger partial charge in [-0.2, -0.15) is 5.26 Å². The van der Waals surface area contributed by atoms with Crippen LogP contribution >= 0.6 is 11.3 Å². The molecule has 2 aromatic heterocycles. The topological polar surface area (TPSA) is 53.8 Å². The average Bonchev–Trinajstić information content (AvgIpc) is 2.89. The van der Waals surface area contributed by atoms with E-state index in [1.54, 1.807) is 24.5 Å². The highest BCUT2D eigenvalue weighted by molar-refractivity contribution is 7.12. The smallest absolute Gasteiger partial charge is 0.194 e. The van der Waals surface area contributed by atoms with Crippen LogP contribution in [-0.2, 0) is 6.42 Å². The maximum absolute atomic E-state index is 12.4. The summed E-state index contributed by atoms with van der Waals surface area (Å²) < 4.78 is 0. The third kappa shape index (κ3) is 2.31. The molecule has 18 heavy (non-hydrogen) atoms. The van der Waals surface area contributed by atoms with E-state index in [9.17, 15) is 10.1 Å². The second-order valence-electron chi connectivity index (χ2n) is 3.84. The van der Waals surface area contributed by atoms with Crippen molar-refractivity contribution in [1.29, 1.82) is 5.26 Å². The number of carbonyl (C=O) groups excluding carboxylic acids is 1. The van der Waals surface area contributed by atoms with E-state index in [0.717, 1.165) is 12.0 Å². The quantitative estimate of drug-likeness (QED) is 0.789. The fourth-order valence-corrected chi connectivity index (χ4v) is 2.77. The van der Waals surface area contributed by atoms with Crippen molar-refractivity contribution in [3.8, 4) is 6.07 Å². The van der Waals surface area contributed by atoms with Crippen LogP contribution in [0.5, 0.6) is 0 Å².